The van der Waals surface area contributed by atoms with E-state index >= 15 is 0 Å². The highest BCUT2D eigenvalue weighted by molar-refractivity contribution is 9.11. The Morgan fingerprint density at radius 1 is 0.394 bits per heavy atom. The number of Topliss-reactive ketones (excluding diaryl/α,β-unsaturated/α-hetero) is 4. The zero-order valence-corrected chi connectivity index (χ0v) is 82.2. The molecule has 12 aromatic rings. The molecule has 6 unspecified atom stereocenters. The maximum absolute atomic E-state index is 13.2. The van der Waals surface area contributed by atoms with E-state index in [9.17, 15) is 23.6 Å². The minimum Gasteiger partial charge on any atom is -0.490 e. The van der Waals surface area contributed by atoms with Gasteiger partial charge in [0, 0.05) is 177 Å². The lowest BCUT2D eigenvalue weighted by Crippen LogP contribution is -2.46. The molecule has 0 N–H and O–H groups in total. The van der Waals surface area contributed by atoms with E-state index in [4.69, 9.17) is 49.0 Å². The van der Waals surface area contributed by atoms with Gasteiger partial charge in [-0.3, -0.25) is 38.8 Å². The molecule has 0 aliphatic carbocycles. The molecule has 0 spiro atoms. The molecule has 0 amide bonds. The number of aryl methyl sites for hydroxylation is 5. The first kappa shape index (κ1) is 94.2. The maximum atomic E-state index is 13.2. The number of hydrogen-bond acceptors (Lipinski definition) is 11. The number of piperidine rings is 4. The topological polar surface area (TPSA) is 129 Å². The Morgan fingerprint density at radius 3 is 1.16 bits per heavy atom. The summed E-state index contributed by atoms with van der Waals surface area (Å²) in [6.07, 6.45) is 25.6. The fourth-order valence-corrected chi connectivity index (χ4v) is 23.9. The number of halogens is 8. The van der Waals surface area contributed by atoms with Crippen LogP contribution < -0.4 is 14.2 Å². The third-order valence-electron chi connectivity index (χ3n) is 26.9. The quantitative estimate of drug-likeness (QED) is 0.0416. The van der Waals surface area contributed by atoms with Crippen LogP contribution in [0.1, 0.15) is 195 Å². The maximum Gasteiger partial charge on any atom is 0.162 e. The standard InChI is InChI=1S/C29H34BrClN2O.C26H28BrFN2O2.C25H28BrClN2O2.C24H26BrClN2O2/c1-19-28(20(2)34)26-5-3-6-27(30)29(26)32(19)15-4-16-33-24-13-14-25(33)18-22(17-24)8-7-21-9-11-23(31)12-10-21;1-17(31)24-16-29(26-23(24)4-2-5-25(26)27)12-3-13-30-19-8-9-20(30)15-22(14-19)32-21-10-6-18(28)7-11-21;1-17-24(18(2)30)22-7-3-8-23(26)25(22)29(17)15-5-14-28-13-4-6-21(16-28)31-20-11-9-19(27)10-12-20;1-17(29)22-16-28(24-21(22)6-2-7-23(24)25)14-4-13-27-12-3-5-20(15-27)30-19-10-8-18(26)9-11-19/h3,5-6,9-12,22,24-25H,4,7-8,13-18H2,1-2H3;2,4-7,10-11,16,19-20,22H,3,8-9,12-15H2,1H3;3,7-12,21H,4-6,13-16H2,1-2H3;2,6-11,16,20H,3-5,12-15H2,1H3. The number of fused-ring (bicyclic) bond motifs is 8. The average Bonchev–Trinajstić information content (AvgIpc) is 1.62. The summed E-state index contributed by atoms with van der Waals surface area (Å²) >= 11 is 32.7. The van der Waals surface area contributed by atoms with Gasteiger partial charge in [-0.25, -0.2) is 4.39 Å². The number of aromatic nitrogens is 4. The summed E-state index contributed by atoms with van der Waals surface area (Å²) in [5.41, 5.74) is 11.3. The molecule has 6 aliphatic heterocycles. The summed E-state index contributed by atoms with van der Waals surface area (Å²) < 4.78 is 44.9. The molecule has 15 nitrogen and oxygen atoms in total. The molecule has 10 heterocycles. The van der Waals surface area contributed by atoms with Crippen molar-refractivity contribution >= 4 is 165 Å². The van der Waals surface area contributed by atoms with Crippen molar-refractivity contribution in [2.24, 2.45) is 5.92 Å². The van der Waals surface area contributed by atoms with Crippen LogP contribution in [0.3, 0.4) is 0 Å². The Labute approximate surface area is 795 Å². The first-order valence-electron chi connectivity index (χ1n) is 45.5. The Bertz CT molecular complexity index is 5810. The highest BCUT2D eigenvalue weighted by Gasteiger charge is 2.42. The summed E-state index contributed by atoms with van der Waals surface area (Å²) in [5, 5.41) is 6.42. The molecule has 0 saturated carbocycles. The van der Waals surface area contributed by atoms with E-state index in [1.807, 2.05) is 134 Å². The summed E-state index contributed by atoms with van der Waals surface area (Å²) in [7, 11) is 0. The summed E-state index contributed by atoms with van der Waals surface area (Å²) in [6, 6.07) is 56.9. The number of carbonyl (C=O) groups is 4. The molecule has 8 aromatic carbocycles. The number of para-hydroxylation sites is 4. The van der Waals surface area contributed by atoms with E-state index in [0.717, 1.165) is 295 Å². The summed E-state index contributed by atoms with van der Waals surface area (Å²) in [5.74, 6) is 3.62. The number of carbonyl (C=O) groups excluding carboxylic acids is 4. The van der Waals surface area contributed by atoms with Gasteiger partial charge in [0.15, 0.2) is 23.1 Å². The number of ketones is 4. The number of rotatable bonds is 29. The Morgan fingerprint density at radius 2 is 0.748 bits per heavy atom. The van der Waals surface area contributed by atoms with Gasteiger partial charge in [0.1, 0.15) is 41.4 Å². The van der Waals surface area contributed by atoms with Gasteiger partial charge in [-0.05, 0) is 368 Å². The van der Waals surface area contributed by atoms with E-state index in [2.05, 4.69) is 140 Å². The van der Waals surface area contributed by atoms with Crippen molar-refractivity contribution in [3.05, 3.63) is 260 Å². The molecule has 4 aromatic heterocycles. The zero-order chi connectivity index (χ0) is 89.1. The lowest BCUT2D eigenvalue weighted by molar-refractivity contribution is 0.0481. The van der Waals surface area contributed by atoms with Crippen LogP contribution in [0, 0.1) is 25.6 Å². The first-order chi connectivity index (χ1) is 61.4. The highest BCUT2D eigenvalue weighted by atomic mass is 79.9. The normalized spacial score (nSPS) is 20.1. The molecule has 6 atom stereocenters. The second-order valence-electron chi connectivity index (χ2n) is 35.6. The van der Waals surface area contributed by atoms with Crippen LogP contribution in [0.25, 0.3) is 43.6 Å². The van der Waals surface area contributed by atoms with Crippen molar-refractivity contribution in [3.8, 4) is 17.2 Å². The van der Waals surface area contributed by atoms with Gasteiger partial charge in [0.05, 0.1) is 22.1 Å². The Kier molecular flexibility index (Phi) is 32.4. The van der Waals surface area contributed by atoms with Crippen LogP contribution in [0.15, 0.2) is 200 Å². The van der Waals surface area contributed by atoms with Crippen molar-refractivity contribution in [1.29, 1.82) is 0 Å². The highest BCUT2D eigenvalue weighted by Crippen LogP contribution is 2.43. The van der Waals surface area contributed by atoms with Gasteiger partial charge in [-0.15, -0.1) is 0 Å². The van der Waals surface area contributed by atoms with E-state index < -0.39 is 0 Å². The van der Waals surface area contributed by atoms with Crippen LogP contribution in [0.4, 0.5) is 4.39 Å². The number of benzene rings is 8. The lowest BCUT2D eigenvalue weighted by Gasteiger charge is -2.39. The van der Waals surface area contributed by atoms with E-state index in [0.29, 0.717) is 12.1 Å². The van der Waals surface area contributed by atoms with Gasteiger partial charge in [-0.2, -0.15) is 0 Å². The van der Waals surface area contributed by atoms with Crippen LogP contribution in [0.5, 0.6) is 17.2 Å². The smallest absolute Gasteiger partial charge is 0.162 e. The van der Waals surface area contributed by atoms with Crippen molar-refractivity contribution in [2.45, 2.75) is 226 Å². The molecule has 4 bridgehead atoms. The largest absolute Gasteiger partial charge is 0.490 e. The van der Waals surface area contributed by atoms with Gasteiger partial charge in [0.2, 0.25) is 0 Å². The van der Waals surface area contributed by atoms with E-state index in [1.165, 1.54) is 62.6 Å². The average molecular weight is 2040 g/mol. The second-order valence-corrected chi connectivity index (χ2v) is 40.3. The van der Waals surface area contributed by atoms with Gasteiger partial charge in [0.25, 0.3) is 0 Å². The monoisotopic (exact) mass is 2030 g/mol. The zero-order valence-electron chi connectivity index (χ0n) is 73.6. The van der Waals surface area contributed by atoms with E-state index in [1.54, 1.807) is 39.8 Å². The summed E-state index contributed by atoms with van der Waals surface area (Å²) in [4.78, 5) is 59.2. The van der Waals surface area contributed by atoms with Gasteiger partial charge < -0.3 is 32.5 Å². The lowest BCUT2D eigenvalue weighted by atomic mass is 9.86. The molecule has 18 rings (SSSR count). The minimum absolute atomic E-state index is 0.105. The van der Waals surface area contributed by atoms with Crippen LogP contribution in [-0.2, 0) is 32.6 Å². The number of ether oxygens (including phenoxy) is 3. The molecule has 6 aliphatic rings. The predicted octanol–water partition coefficient (Wildman–Crippen LogP) is 26.7. The van der Waals surface area contributed by atoms with Gasteiger partial charge in [-0.1, -0.05) is 95.5 Å². The third kappa shape index (κ3) is 23.2. The fourth-order valence-electron chi connectivity index (χ4n) is 21.2. The molecule has 6 fully saturated rings. The summed E-state index contributed by atoms with van der Waals surface area (Å²) in [6.45, 7) is 22.7. The van der Waals surface area contributed by atoms with Gasteiger partial charge >= 0.3 is 0 Å². The van der Waals surface area contributed by atoms with Crippen LogP contribution >= 0.6 is 98.5 Å². The SMILES string of the molecule is CC(=O)c1c(C)n(CCCN2C3CCC2CC(CCc2ccc(Cl)cc2)C3)c2c(Br)cccc12.CC(=O)c1c(C)n(CCCN2CCCC(Oc3ccc(Cl)cc3)C2)c2c(Br)cccc12.CC(=O)c1cn(CCCN2C3CCC2CC(Oc2ccc(F)cc2)C3)c2c(Br)cccc12.CC(=O)c1cn(CCCN2CCCC(Oc3ccc(Cl)cc3)C2)c2c(Br)cccc12. The van der Waals surface area contributed by atoms with Crippen molar-refractivity contribution in [3.63, 3.8) is 0 Å². The predicted molar refractivity (Wildman–Crippen MR) is 529 cm³/mol. The van der Waals surface area contributed by atoms with Crippen LogP contribution in [-0.4, -0.2) is 156 Å². The minimum atomic E-state index is -0.231. The Balaban J connectivity index is 0.000000131. The molecule has 0 radical (unpaired) electrons. The molecular formula is C104H116Br4Cl3FN8O7. The van der Waals surface area contributed by atoms with Crippen molar-refractivity contribution in [2.75, 3.05) is 52.4 Å². The van der Waals surface area contributed by atoms with Crippen molar-refractivity contribution in [1.82, 2.24) is 37.9 Å². The second kappa shape index (κ2) is 43.7. The molecule has 6 saturated heterocycles. The van der Waals surface area contributed by atoms with Crippen LogP contribution in [0.2, 0.25) is 15.1 Å². The number of likely N-dealkylation sites (tertiary alicyclic amines) is 2. The first-order valence-corrected chi connectivity index (χ1v) is 49.8. The number of hydrogen-bond donors (Lipinski definition) is 0. The molecule has 670 valence electrons. The fraction of sp³-hybridized carbons (Fsp3) is 0.423. The molecule has 23 heteroatoms. The number of nitrogens with zero attached hydrogens (tertiary/aromatic N) is 8. The molecule has 127 heavy (non-hydrogen) atoms. The van der Waals surface area contributed by atoms with Crippen molar-refractivity contribution < 1.29 is 37.8 Å². The third-order valence-corrected chi connectivity index (χ3v) is 30.3. The Hall–Kier alpha value is -7.44. The molecular weight excluding hydrogens is 1920 g/mol. The van der Waals surface area contributed by atoms with E-state index in [-0.39, 0.29) is 47.3 Å².